The highest BCUT2D eigenvalue weighted by Gasteiger charge is 2.26. The highest BCUT2D eigenvalue weighted by atomic mass is 31.2. The van der Waals surface area contributed by atoms with Crippen molar-refractivity contribution in [3.8, 4) is 0 Å². The molecule has 0 amide bonds. The van der Waals surface area contributed by atoms with Crippen LogP contribution in [0, 0.1) is 0 Å². The van der Waals surface area contributed by atoms with E-state index in [2.05, 4.69) is 111 Å². The average Bonchev–Trinajstić information content (AvgIpc) is 3.40. The number of phosphoric ester groups is 1. The summed E-state index contributed by atoms with van der Waals surface area (Å²) in [5.41, 5.74) is 5.38. The molecule has 0 aliphatic heterocycles. The number of carbonyl (C=O) groups is 2. The number of ether oxygens (including phenoxy) is 2. The first-order chi connectivity index (χ1) is 36.8. The van der Waals surface area contributed by atoms with Crippen LogP contribution in [0.25, 0.3) is 0 Å². The Bertz CT molecular complexity index is 1550. The van der Waals surface area contributed by atoms with Gasteiger partial charge in [-0.1, -0.05) is 259 Å². The molecule has 0 saturated heterocycles. The molecule has 0 aromatic heterocycles. The first-order valence-corrected chi connectivity index (χ1v) is 32.2. The molecule has 2 atom stereocenters. The van der Waals surface area contributed by atoms with Crippen molar-refractivity contribution in [2.45, 2.75) is 277 Å². The van der Waals surface area contributed by atoms with Gasteiger partial charge in [0.25, 0.3) is 0 Å². The molecule has 0 rings (SSSR count). The Balaban J connectivity index is 3.83. The minimum atomic E-state index is -4.39. The Morgan fingerprint density at radius 3 is 1.09 bits per heavy atom. The Morgan fingerprint density at radius 2 is 0.733 bits per heavy atom. The molecule has 0 radical (unpaired) electrons. The predicted octanol–water partition coefficient (Wildman–Crippen LogP) is 19.6. The van der Waals surface area contributed by atoms with E-state index in [1.54, 1.807) is 0 Å². The summed E-state index contributed by atoms with van der Waals surface area (Å²) < 4.78 is 33.0. The lowest BCUT2D eigenvalue weighted by atomic mass is 10.0. The zero-order valence-electron chi connectivity index (χ0n) is 48.3. The van der Waals surface area contributed by atoms with Crippen LogP contribution < -0.4 is 5.73 Å². The largest absolute Gasteiger partial charge is 0.472 e. The van der Waals surface area contributed by atoms with Gasteiger partial charge in [0.1, 0.15) is 6.61 Å². The Morgan fingerprint density at radius 1 is 0.413 bits per heavy atom. The van der Waals surface area contributed by atoms with E-state index in [-0.39, 0.29) is 32.6 Å². The van der Waals surface area contributed by atoms with Crippen LogP contribution in [0.4, 0.5) is 0 Å². The van der Waals surface area contributed by atoms with E-state index in [0.29, 0.717) is 12.8 Å². The Hall–Kier alpha value is -3.07. The summed E-state index contributed by atoms with van der Waals surface area (Å²) in [5.74, 6) is -0.839. The zero-order valence-corrected chi connectivity index (χ0v) is 49.2. The summed E-state index contributed by atoms with van der Waals surface area (Å²) in [5, 5.41) is 0. The summed E-state index contributed by atoms with van der Waals surface area (Å²) in [6.07, 6.45) is 80.6. The molecule has 0 bridgehead atoms. The minimum absolute atomic E-state index is 0.0495. The number of allylic oxidation sites excluding steroid dienone is 16. The molecule has 10 heteroatoms. The number of hydrogen-bond donors (Lipinski definition) is 2. The molecule has 9 nitrogen and oxygen atoms in total. The minimum Gasteiger partial charge on any atom is -0.462 e. The summed E-state index contributed by atoms with van der Waals surface area (Å²) in [4.78, 5) is 35.1. The number of nitrogens with two attached hydrogens (primary N) is 1. The smallest absolute Gasteiger partial charge is 0.462 e. The number of carbonyl (C=O) groups excluding carboxylic acids is 2. The van der Waals surface area contributed by atoms with Gasteiger partial charge < -0.3 is 20.1 Å². The fourth-order valence-corrected chi connectivity index (χ4v) is 9.20. The van der Waals surface area contributed by atoms with Crippen molar-refractivity contribution in [1.29, 1.82) is 0 Å². The maximum Gasteiger partial charge on any atom is 0.472 e. The molecule has 0 fully saturated rings. The van der Waals surface area contributed by atoms with E-state index < -0.39 is 32.5 Å². The molecule has 0 saturated carbocycles. The second kappa shape index (κ2) is 60.2. The maximum absolute atomic E-state index is 12.7. The molecule has 0 aliphatic carbocycles. The van der Waals surface area contributed by atoms with Gasteiger partial charge in [-0.2, -0.15) is 0 Å². The second-order valence-corrected chi connectivity index (χ2v) is 21.6. The van der Waals surface area contributed by atoms with Crippen molar-refractivity contribution in [2.75, 3.05) is 26.4 Å². The summed E-state index contributed by atoms with van der Waals surface area (Å²) >= 11 is 0. The van der Waals surface area contributed by atoms with Crippen LogP contribution in [0.15, 0.2) is 97.2 Å². The van der Waals surface area contributed by atoms with Crippen molar-refractivity contribution < 1.29 is 37.6 Å². The average molecular weight is 1070 g/mol. The van der Waals surface area contributed by atoms with Gasteiger partial charge in [-0.3, -0.25) is 18.6 Å². The lowest BCUT2D eigenvalue weighted by Crippen LogP contribution is -2.29. The van der Waals surface area contributed by atoms with Crippen LogP contribution in [-0.2, 0) is 32.7 Å². The van der Waals surface area contributed by atoms with Gasteiger partial charge in [0, 0.05) is 19.4 Å². The Kier molecular flexibility index (Phi) is 57.7. The van der Waals surface area contributed by atoms with Gasteiger partial charge >= 0.3 is 19.8 Å². The van der Waals surface area contributed by atoms with Crippen LogP contribution in [-0.4, -0.2) is 49.3 Å². The third kappa shape index (κ3) is 60.0. The Labute approximate surface area is 461 Å². The third-order valence-electron chi connectivity index (χ3n) is 13.0. The van der Waals surface area contributed by atoms with Gasteiger partial charge in [0.15, 0.2) is 6.10 Å². The number of phosphoric acid groups is 1. The van der Waals surface area contributed by atoms with Gasteiger partial charge in [0.2, 0.25) is 0 Å². The van der Waals surface area contributed by atoms with E-state index in [4.69, 9.17) is 24.3 Å². The fraction of sp³-hybridized carbons (Fsp3) is 0.723. The monoisotopic (exact) mass is 1070 g/mol. The second-order valence-electron chi connectivity index (χ2n) is 20.2. The van der Waals surface area contributed by atoms with E-state index in [9.17, 15) is 19.0 Å². The van der Waals surface area contributed by atoms with Crippen molar-refractivity contribution in [3.05, 3.63) is 97.2 Å². The molecule has 3 N–H and O–H groups in total. The third-order valence-corrected chi connectivity index (χ3v) is 13.9. The first kappa shape index (κ1) is 71.9. The maximum atomic E-state index is 12.7. The molecule has 0 aromatic carbocycles. The highest BCUT2D eigenvalue weighted by Crippen LogP contribution is 2.43. The van der Waals surface area contributed by atoms with Crippen molar-refractivity contribution in [1.82, 2.24) is 0 Å². The quantitative estimate of drug-likeness (QED) is 0.0264. The SMILES string of the molecule is CC/C=C\C/C=C\C/C=C\C/C=C\C/C=C\C/C=C\CCCCCCCCCCCCCCCCCCCCCCC(=O)OC(COC(=O)CCCCCCC/C=C\C/C=C\CCCCC)COP(=O)(O)OCCN. The summed E-state index contributed by atoms with van der Waals surface area (Å²) in [7, 11) is -4.39. The van der Waals surface area contributed by atoms with E-state index in [1.165, 1.54) is 135 Å². The molecular formula is C65H114NO8P. The number of hydrogen-bond acceptors (Lipinski definition) is 8. The molecule has 0 aromatic rings. The molecule has 75 heavy (non-hydrogen) atoms. The van der Waals surface area contributed by atoms with Crippen molar-refractivity contribution in [3.63, 3.8) is 0 Å². The predicted molar refractivity (Wildman–Crippen MR) is 321 cm³/mol. The summed E-state index contributed by atoms with van der Waals surface area (Å²) in [6.45, 7) is 3.60. The molecular weight excluding hydrogens is 954 g/mol. The van der Waals surface area contributed by atoms with Crippen LogP contribution in [0.3, 0.4) is 0 Å². The van der Waals surface area contributed by atoms with Crippen LogP contribution in [0.5, 0.6) is 0 Å². The standard InChI is InChI=1S/C65H114NO8P/c1-3-5-7-9-11-13-15-17-19-20-21-22-23-24-25-26-27-28-29-30-31-32-33-34-35-36-37-38-39-40-41-42-44-46-48-50-52-54-56-58-65(68)74-63(62-73-75(69,70)72-60-59-66)61-71-64(67)57-55-53-51-49-47-45-43-18-16-14-12-10-8-6-4-2/h5,7,11-14,17-19,21-22,24-25,27-28,43,63H,3-4,6,8-10,15-16,20,23,26,29-42,44-62,66H2,1-2H3,(H,69,70)/b7-5-,13-11-,14-12-,19-17-,22-21-,25-24-,28-27-,43-18-. The molecule has 2 unspecified atom stereocenters. The van der Waals surface area contributed by atoms with E-state index >= 15 is 0 Å². The first-order valence-electron chi connectivity index (χ1n) is 30.7. The van der Waals surface area contributed by atoms with E-state index in [1.807, 2.05) is 0 Å². The van der Waals surface area contributed by atoms with Gasteiger partial charge in [-0.05, 0) is 96.3 Å². The topological polar surface area (TPSA) is 134 Å². The van der Waals surface area contributed by atoms with Crippen LogP contribution in [0.2, 0.25) is 0 Å². The number of unbranched alkanes of at least 4 members (excludes halogenated alkanes) is 28. The number of rotatable bonds is 57. The van der Waals surface area contributed by atoms with Gasteiger partial charge in [0.05, 0.1) is 13.2 Å². The molecule has 0 spiro atoms. The zero-order chi connectivity index (χ0) is 54.5. The lowest BCUT2D eigenvalue weighted by Gasteiger charge is -2.19. The molecule has 0 aliphatic rings. The molecule has 432 valence electrons. The van der Waals surface area contributed by atoms with Crippen LogP contribution >= 0.6 is 7.82 Å². The highest BCUT2D eigenvalue weighted by molar-refractivity contribution is 7.47. The number of esters is 2. The van der Waals surface area contributed by atoms with Gasteiger partial charge in [-0.25, -0.2) is 4.57 Å². The van der Waals surface area contributed by atoms with Crippen LogP contribution in [0.1, 0.15) is 271 Å². The molecule has 0 heterocycles. The summed E-state index contributed by atoms with van der Waals surface area (Å²) in [6, 6.07) is 0. The van der Waals surface area contributed by atoms with Crippen molar-refractivity contribution in [2.24, 2.45) is 5.73 Å². The van der Waals surface area contributed by atoms with Crippen molar-refractivity contribution >= 4 is 19.8 Å². The fourth-order valence-electron chi connectivity index (χ4n) is 8.44. The lowest BCUT2D eigenvalue weighted by molar-refractivity contribution is -0.161. The normalized spacial score (nSPS) is 13.7. The van der Waals surface area contributed by atoms with Gasteiger partial charge in [-0.15, -0.1) is 0 Å². The van der Waals surface area contributed by atoms with E-state index in [0.717, 1.165) is 96.3 Å².